The van der Waals surface area contributed by atoms with Gasteiger partial charge in [-0.2, -0.15) is 0 Å². The molecule has 2 aliphatic carbocycles. The van der Waals surface area contributed by atoms with E-state index in [1.165, 1.54) is 18.2 Å². The number of ether oxygens (including phenoxy) is 2. The third kappa shape index (κ3) is 4.26. The first-order chi connectivity index (χ1) is 24.7. The second-order valence-corrected chi connectivity index (χ2v) is 13.2. The third-order valence-corrected chi connectivity index (χ3v) is 11.0. The molecule has 1 heterocycles. The van der Waals surface area contributed by atoms with Crippen LogP contribution in [0.3, 0.4) is 0 Å². The number of rotatable bonds is 8. The van der Waals surface area contributed by atoms with E-state index in [0.717, 1.165) is 4.90 Å². The number of nitrogens with zero attached hydrogens (tertiary/aromatic N) is 1. The summed E-state index contributed by atoms with van der Waals surface area (Å²) in [6, 6.07) is 37.1. The molecule has 2 fully saturated rings. The molecule has 4 atom stereocenters. The predicted molar refractivity (Wildman–Crippen MR) is 192 cm³/mol. The Bertz CT molecular complexity index is 2160. The number of imide groups is 1. The molecule has 1 saturated heterocycles. The van der Waals surface area contributed by atoms with Gasteiger partial charge in [-0.25, -0.2) is 9.69 Å². The van der Waals surface area contributed by atoms with E-state index in [4.69, 9.17) is 21.1 Å². The number of halogens is 1. The Morgan fingerprint density at radius 3 is 1.47 bits per heavy atom. The van der Waals surface area contributed by atoms with Crippen LogP contribution in [-0.2, 0) is 25.2 Å². The van der Waals surface area contributed by atoms with Gasteiger partial charge in [-0.05, 0) is 75.9 Å². The molecule has 8 rings (SSSR count). The Hall–Kier alpha value is -5.99. The minimum Gasteiger partial charge on any atom is -0.497 e. The van der Waals surface area contributed by atoms with Crippen LogP contribution >= 0.6 is 11.6 Å². The molecule has 2 bridgehead atoms. The molecule has 1 N–H and O–H groups in total. The summed E-state index contributed by atoms with van der Waals surface area (Å²) in [6.45, 7) is 0. The van der Waals surface area contributed by atoms with Gasteiger partial charge in [0.25, 0.3) is 0 Å². The van der Waals surface area contributed by atoms with Crippen molar-refractivity contribution in [2.75, 3.05) is 19.1 Å². The van der Waals surface area contributed by atoms with Gasteiger partial charge in [0, 0.05) is 0 Å². The van der Waals surface area contributed by atoms with Crippen LogP contribution in [0, 0.1) is 11.8 Å². The fraction of sp³-hybridized carbons (Fsp3) is 0.143. The number of anilines is 1. The van der Waals surface area contributed by atoms with Crippen LogP contribution in [0.25, 0.3) is 11.1 Å². The first-order valence-electron chi connectivity index (χ1n) is 16.3. The van der Waals surface area contributed by atoms with Crippen LogP contribution in [0.15, 0.2) is 127 Å². The molecule has 2 amide bonds. The zero-order chi connectivity index (χ0) is 35.7. The number of hydrogen-bond donors (Lipinski definition) is 1. The lowest BCUT2D eigenvalue weighted by Gasteiger charge is -2.39. The number of hydrogen-bond acceptors (Lipinski definition) is 6. The molecule has 1 aliphatic heterocycles. The van der Waals surface area contributed by atoms with Gasteiger partial charge >= 0.3 is 5.97 Å². The molecule has 8 nitrogen and oxygen atoms in total. The summed E-state index contributed by atoms with van der Waals surface area (Å²) in [4.78, 5) is 59.6. The number of aromatic carboxylic acids is 1. The lowest BCUT2D eigenvalue weighted by Crippen LogP contribution is -2.45. The number of carbonyl (C=O) groups excluding carboxylic acids is 3. The minimum atomic E-state index is -1.63. The average Bonchev–Trinajstić information content (AvgIpc) is 3.68. The molecule has 5 aromatic rings. The molecule has 51 heavy (non-hydrogen) atoms. The van der Waals surface area contributed by atoms with E-state index in [1.807, 2.05) is 109 Å². The van der Waals surface area contributed by atoms with E-state index < -0.39 is 40.4 Å². The van der Waals surface area contributed by atoms with Gasteiger partial charge in [-0.1, -0.05) is 96.5 Å². The standard InChI is InChI=1S/C42H30ClNO7/c1-50-29-18-13-24(14-19-29)33-34(25-15-20-30(51-2)21-16-25)42(27-11-7-4-8-12-27)36-35(41(33,40(42)49)26-9-5-3-6-10-26)37(45)44(38(36)46)28-17-22-32(43)31(23-28)39(47)48/h3-23,35-36H,1-2H3,(H,47,48)/t35-,36+,41-,42-/m1/s1. The van der Waals surface area contributed by atoms with Gasteiger partial charge in [-0.3, -0.25) is 14.4 Å². The first kappa shape index (κ1) is 32.2. The van der Waals surface area contributed by atoms with E-state index in [0.29, 0.717) is 44.9 Å². The number of benzene rings is 5. The van der Waals surface area contributed by atoms with Crippen molar-refractivity contribution in [2.24, 2.45) is 11.8 Å². The Kier molecular flexibility index (Phi) is 7.47. The van der Waals surface area contributed by atoms with E-state index in [1.54, 1.807) is 14.2 Å². The highest BCUT2D eigenvalue weighted by atomic mass is 35.5. The highest BCUT2D eigenvalue weighted by molar-refractivity contribution is 6.39. The summed E-state index contributed by atoms with van der Waals surface area (Å²) >= 11 is 6.22. The van der Waals surface area contributed by atoms with Gasteiger partial charge in [-0.15, -0.1) is 0 Å². The quantitative estimate of drug-likeness (QED) is 0.170. The highest BCUT2D eigenvalue weighted by Crippen LogP contribution is 2.74. The van der Waals surface area contributed by atoms with Crippen molar-refractivity contribution in [3.63, 3.8) is 0 Å². The van der Waals surface area contributed by atoms with Gasteiger partial charge < -0.3 is 14.6 Å². The molecule has 252 valence electrons. The Balaban J connectivity index is 1.52. The molecular weight excluding hydrogens is 666 g/mol. The average molecular weight is 696 g/mol. The fourth-order valence-corrected chi connectivity index (χ4v) is 8.91. The highest BCUT2D eigenvalue weighted by Gasteiger charge is 2.82. The minimum absolute atomic E-state index is 0.0347. The van der Waals surface area contributed by atoms with Crippen molar-refractivity contribution in [2.45, 2.75) is 10.8 Å². The second-order valence-electron chi connectivity index (χ2n) is 12.8. The zero-order valence-electron chi connectivity index (χ0n) is 27.5. The van der Waals surface area contributed by atoms with Crippen LogP contribution in [-0.4, -0.2) is 42.9 Å². The molecule has 1 saturated carbocycles. The number of carboxylic acids is 1. The Morgan fingerprint density at radius 1 is 0.647 bits per heavy atom. The summed E-state index contributed by atoms with van der Waals surface area (Å²) in [7, 11) is 3.14. The van der Waals surface area contributed by atoms with Crippen molar-refractivity contribution in [1.29, 1.82) is 0 Å². The first-order valence-corrected chi connectivity index (χ1v) is 16.7. The number of ketones is 1. The van der Waals surface area contributed by atoms with Crippen LogP contribution in [0.2, 0.25) is 5.02 Å². The van der Waals surface area contributed by atoms with E-state index in [9.17, 15) is 9.90 Å². The number of carboxylic acid groups (broad SMARTS) is 1. The normalized spacial score (nSPS) is 23.5. The van der Waals surface area contributed by atoms with Gasteiger partial charge in [0.15, 0.2) is 5.78 Å². The van der Waals surface area contributed by atoms with Crippen molar-refractivity contribution >= 4 is 52.0 Å². The zero-order valence-corrected chi connectivity index (χ0v) is 28.3. The summed E-state index contributed by atoms with van der Waals surface area (Å²) in [5.41, 5.74) is 0.300. The molecule has 0 radical (unpaired) electrons. The van der Waals surface area contributed by atoms with Crippen LogP contribution in [0.1, 0.15) is 32.6 Å². The van der Waals surface area contributed by atoms with Crippen molar-refractivity contribution in [3.05, 3.63) is 160 Å². The summed E-state index contributed by atoms with van der Waals surface area (Å²) < 4.78 is 11.0. The smallest absolute Gasteiger partial charge is 0.337 e. The van der Waals surface area contributed by atoms with E-state index in [-0.39, 0.29) is 22.1 Å². The summed E-state index contributed by atoms with van der Waals surface area (Å²) in [5, 5.41) is 9.85. The van der Waals surface area contributed by atoms with Crippen molar-refractivity contribution < 1.29 is 33.8 Å². The Morgan fingerprint density at radius 2 is 1.08 bits per heavy atom. The van der Waals surface area contributed by atoms with Gasteiger partial charge in [0.1, 0.15) is 11.5 Å². The van der Waals surface area contributed by atoms with Gasteiger partial charge in [0.05, 0.1) is 53.2 Å². The SMILES string of the molecule is COc1ccc(C2=C(c3ccc(OC)cc3)[C@@]3(c4ccccc4)C(=O)[C@@]2(c2ccccc2)[C@@H]2C(=O)N(c4ccc(Cl)c(C(=O)O)c4)C(=O)[C@@H]23)cc1. The third-order valence-electron chi connectivity index (χ3n) is 10.6. The molecular formula is C42H30ClNO7. The number of carbonyl (C=O) groups is 4. The van der Waals surface area contributed by atoms with Gasteiger partial charge in [0.2, 0.25) is 11.8 Å². The molecule has 0 aromatic heterocycles. The molecule has 5 aromatic carbocycles. The monoisotopic (exact) mass is 695 g/mol. The number of Topliss-reactive ketones (excluding diaryl/α,β-unsaturated/α-hetero) is 1. The van der Waals surface area contributed by atoms with Crippen molar-refractivity contribution in [3.8, 4) is 11.5 Å². The summed E-state index contributed by atoms with van der Waals surface area (Å²) in [6.07, 6.45) is 0. The largest absolute Gasteiger partial charge is 0.497 e. The molecule has 0 unspecified atom stereocenters. The number of fused-ring (bicyclic) bond motifs is 5. The van der Waals surface area contributed by atoms with Crippen LogP contribution in [0.4, 0.5) is 5.69 Å². The second kappa shape index (κ2) is 11.8. The number of methoxy groups -OCH3 is 2. The topological polar surface area (TPSA) is 110 Å². The lowest BCUT2D eigenvalue weighted by atomic mass is 9.59. The molecule has 0 spiro atoms. The molecule has 3 aliphatic rings. The number of amides is 2. The summed E-state index contributed by atoms with van der Waals surface area (Å²) in [5.74, 6) is -3.91. The van der Waals surface area contributed by atoms with E-state index >= 15 is 14.4 Å². The lowest BCUT2D eigenvalue weighted by molar-refractivity contribution is -0.130. The van der Waals surface area contributed by atoms with E-state index in [2.05, 4.69) is 0 Å². The Labute approximate surface area is 298 Å². The maximum Gasteiger partial charge on any atom is 0.337 e. The van der Waals surface area contributed by atoms with Crippen LogP contribution in [0.5, 0.6) is 11.5 Å². The van der Waals surface area contributed by atoms with Crippen LogP contribution < -0.4 is 14.4 Å². The van der Waals surface area contributed by atoms with Crippen molar-refractivity contribution in [1.82, 2.24) is 0 Å². The fourth-order valence-electron chi connectivity index (χ4n) is 8.71. The predicted octanol–water partition coefficient (Wildman–Crippen LogP) is 7.24. The molecule has 9 heteroatoms. The maximum absolute atomic E-state index is 16.1. The number of allylic oxidation sites excluding steroid dienone is 2. The maximum atomic E-state index is 16.1.